The van der Waals surface area contributed by atoms with Gasteiger partial charge in [-0.15, -0.1) is 0 Å². The molecule has 1 fully saturated rings. The lowest BCUT2D eigenvalue weighted by molar-refractivity contribution is 0.229. The number of nitrogens with two attached hydrogens (primary N) is 1. The Morgan fingerprint density at radius 1 is 1.29 bits per heavy atom. The average molecular weight is 294 g/mol. The summed E-state index contributed by atoms with van der Waals surface area (Å²) in [4.78, 5) is 2.45. The van der Waals surface area contributed by atoms with E-state index in [-0.39, 0.29) is 11.7 Å². The Labute approximate surface area is 124 Å². The van der Waals surface area contributed by atoms with Gasteiger partial charge in [-0.2, -0.15) is 0 Å². The molecular formula is C15H23FN4O. The van der Waals surface area contributed by atoms with Gasteiger partial charge in [-0.05, 0) is 49.7 Å². The van der Waals surface area contributed by atoms with Crippen molar-refractivity contribution < 1.29 is 9.60 Å². The third-order valence-electron chi connectivity index (χ3n) is 3.74. The minimum absolute atomic E-state index is 0.0796. The number of amidine groups is 1. The summed E-state index contributed by atoms with van der Waals surface area (Å²) < 4.78 is 13.5. The van der Waals surface area contributed by atoms with E-state index in [2.05, 4.69) is 15.4 Å². The van der Waals surface area contributed by atoms with Crippen LogP contribution < -0.4 is 11.1 Å². The monoisotopic (exact) mass is 294 g/mol. The minimum Gasteiger partial charge on any atom is -0.409 e. The largest absolute Gasteiger partial charge is 0.409 e. The normalized spacial score (nSPS) is 17.1. The Bertz CT molecular complexity index is 487. The number of oxime groups is 1. The van der Waals surface area contributed by atoms with Gasteiger partial charge >= 0.3 is 0 Å². The van der Waals surface area contributed by atoms with Crippen LogP contribution in [-0.4, -0.2) is 42.1 Å². The van der Waals surface area contributed by atoms with E-state index >= 15 is 0 Å². The van der Waals surface area contributed by atoms with E-state index in [1.807, 2.05) is 0 Å². The van der Waals surface area contributed by atoms with E-state index in [9.17, 15) is 4.39 Å². The summed E-state index contributed by atoms with van der Waals surface area (Å²) in [5, 5.41) is 14.9. The van der Waals surface area contributed by atoms with Crippen molar-refractivity contribution in [3.05, 3.63) is 35.1 Å². The molecule has 0 amide bonds. The SMILES string of the molecule is N/C(=N/O)c1cc(F)cc(CNCCN2CCCCC2)c1. The molecule has 0 unspecified atom stereocenters. The van der Waals surface area contributed by atoms with Crippen LogP contribution in [0.2, 0.25) is 0 Å². The number of rotatable bonds is 6. The Hall–Kier alpha value is -1.66. The van der Waals surface area contributed by atoms with Crippen LogP contribution in [0.25, 0.3) is 0 Å². The number of nitrogens with zero attached hydrogens (tertiary/aromatic N) is 2. The lowest BCUT2D eigenvalue weighted by Crippen LogP contribution is -2.35. The van der Waals surface area contributed by atoms with Crippen LogP contribution in [0.4, 0.5) is 4.39 Å². The van der Waals surface area contributed by atoms with Gasteiger partial charge in [-0.1, -0.05) is 11.6 Å². The molecule has 6 heteroatoms. The van der Waals surface area contributed by atoms with Crippen LogP contribution in [-0.2, 0) is 6.54 Å². The van der Waals surface area contributed by atoms with Gasteiger partial charge in [0, 0.05) is 25.2 Å². The molecular weight excluding hydrogens is 271 g/mol. The summed E-state index contributed by atoms with van der Waals surface area (Å²) in [5.41, 5.74) is 6.67. The Morgan fingerprint density at radius 2 is 2.05 bits per heavy atom. The molecule has 0 spiro atoms. The number of likely N-dealkylation sites (tertiary alicyclic amines) is 1. The molecule has 1 aliphatic heterocycles. The number of hydrogen-bond acceptors (Lipinski definition) is 4. The third kappa shape index (κ3) is 4.99. The molecule has 1 aromatic carbocycles. The molecule has 0 atom stereocenters. The van der Waals surface area contributed by atoms with Gasteiger partial charge in [-0.25, -0.2) is 4.39 Å². The topological polar surface area (TPSA) is 73.9 Å². The number of hydrogen-bond donors (Lipinski definition) is 3. The number of benzene rings is 1. The molecule has 0 aliphatic carbocycles. The summed E-state index contributed by atoms with van der Waals surface area (Å²) in [6, 6.07) is 4.44. The third-order valence-corrected chi connectivity index (χ3v) is 3.74. The average Bonchev–Trinajstić information content (AvgIpc) is 2.51. The van der Waals surface area contributed by atoms with Crippen LogP contribution >= 0.6 is 0 Å². The summed E-state index contributed by atoms with van der Waals surface area (Å²) >= 11 is 0. The molecule has 1 aromatic rings. The molecule has 21 heavy (non-hydrogen) atoms. The van der Waals surface area contributed by atoms with Crippen molar-refractivity contribution in [1.29, 1.82) is 0 Å². The molecule has 0 saturated carbocycles. The predicted molar refractivity (Wildman–Crippen MR) is 80.9 cm³/mol. The fourth-order valence-electron chi connectivity index (χ4n) is 2.61. The van der Waals surface area contributed by atoms with Crippen LogP contribution in [0.3, 0.4) is 0 Å². The maximum Gasteiger partial charge on any atom is 0.170 e. The highest BCUT2D eigenvalue weighted by atomic mass is 19.1. The lowest BCUT2D eigenvalue weighted by Gasteiger charge is -2.26. The lowest BCUT2D eigenvalue weighted by atomic mass is 10.1. The standard InChI is InChI=1S/C15H23FN4O/c16-14-9-12(8-13(10-14)15(17)19-21)11-18-4-7-20-5-2-1-3-6-20/h8-10,18,21H,1-7,11H2,(H2,17,19). The zero-order valence-corrected chi connectivity index (χ0v) is 12.2. The first-order chi connectivity index (χ1) is 10.2. The fraction of sp³-hybridized carbons (Fsp3) is 0.533. The van der Waals surface area contributed by atoms with Crippen molar-refractivity contribution >= 4 is 5.84 Å². The zero-order chi connectivity index (χ0) is 15.1. The van der Waals surface area contributed by atoms with Crippen LogP contribution in [0, 0.1) is 5.82 Å². The van der Waals surface area contributed by atoms with E-state index in [1.165, 1.54) is 44.5 Å². The van der Waals surface area contributed by atoms with E-state index in [4.69, 9.17) is 10.9 Å². The molecule has 1 heterocycles. The van der Waals surface area contributed by atoms with E-state index in [0.29, 0.717) is 12.1 Å². The van der Waals surface area contributed by atoms with Gasteiger partial charge in [0.05, 0.1) is 0 Å². The molecule has 116 valence electrons. The summed E-state index contributed by atoms with van der Waals surface area (Å²) in [6.45, 7) is 4.81. The molecule has 0 aromatic heterocycles. The van der Waals surface area contributed by atoms with E-state index in [0.717, 1.165) is 18.7 Å². The maximum atomic E-state index is 13.5. The van der Waals surface area contributed by atoms with Crippen molar-refractivity contribution in [3.63, 3.8) is 0 Å². The molecule has 5 nitrogen and oxygen atoms in total. The quantitative estimate of drug-likeness (QED) is 0.244. The second-order valence-electron chi connectivity index (χ2n) is 5.41. The van der Waals surface area contributed by atoms with Crippen LogP contribution in [0.1, 0.15) is 30.4 Å². The van der Waals surface area contributed by atoms with Gasteiger partial charge in [-0.3, -0.25) is 0 Å². The second-order valence-corrected chi connectivity index (χ2v) is 5.41. The first-order valence-corrected chi connectivity index (χ1v) is 7.39. The van der Waals surface area contributed by atoms with Gasteiger partial charge in [0.15, 0.2) is 5.84 Å². The predicted octanol–water partition coefficient (Wildman–Crippen LogP) is 1.50. The van der Waals surface area contributed by atoms with Crippen molar-refractivity contribution in [2.45, 2.75) is 25.8 Å². The number of nitrogens with one attached hydrogen (secondary N) is 1. The molecule has 2 rings (SSSR count). The fourth-order valence-corrected chi connectivity index (χ4v) is 2.61. The molecule has 0 bridgehead atoms. The first-order valence-electron chi connectivity index (χ1n) is 7.39. The Morgan fingerprint density at radius 3 is 2.76 bits per heavy atom. The van der Waals surface area contributed by atoms with Crippen LogP contribution in [0.5, 0.6) is 0 Å². The van der Waals surface area contributed by atoms with E-state index < -0.39 is 0 Å². The maximum absolute atomic E-state index is 13.5. The molecule has 0 radical (unpaired) electrons. The molecule has 1 saturated heterocycles. The van der Waals surface area contributed by atoms with Crippen LogP contribution in [0.15, 0.2) is 23.4 Å². The highest BCUT2D eigenvalue weighted by Crippen LogP contribution is 2.10. The zero-order valence-electron chi connectivity index (χ0n) is 12.2. The van der Waals surface area contributed by atoms with Crippen molar-refractivity contribution in [2.75, 3.05) is 26.2 Å². The smallest absolute Gasteiger partial charge is 0.170 e. The highest BCUT2D eigenvalue weighted by Gasteiger charge is 2.09. The minimum atomic E-state index is -0.382. The number of piperidine rings is 1. The molecule has 1 aliphatic rings. The summed E-state index contributed by atoms with van der Waals surface area (Å²) in [5.74, 6) is -0.462. The second kappa shape index (κ2) is 7.95. The summed E-state index contributed by atoms with van der Waals surface area (Å²) in [7, 11) is 0. The van der Waals surface area contributed by atoms with Gasteiger partial charge < -0.3 is 21.2 Å². The van der Waals surface area contributed by atoms with Gasteiger partial charge in [0.1, 0.15) is 5.82 Å². The van der Waals surface area contributed by atoms with Crippen molar-refractivity contribution in [2.24, 2.45) is 10.9 Å². The Kier molecular flexibility index (Phi) is 5.95. The van der Waals surface area contributed by atoms with Gasteiger partial charge in [0.25, 0.3) is 0 Å². The van der Waals surface area contributed by atoms with E-state index in [1.54, 1.807) is 6.07 Å². The molecule has 4 N–H and O–H groups in total. The number of halogens is 1. The van der Waals surface area contributed by atoms with Crippen molar-refractivity contribution in [1.82, 2.24) is 10.2 Å². The Balaban J connectivity index is 1.81. The first kappa shape index (κ1) is 15.7. The van der Waals surface area contributed by atoms with Crippen molar-refractivity contribution in [3.8, 4) is 0 Å². The summed E-state index contributed by atoms with van der Waals surface area (Å²) in [6.07, 6.45) is 3.91. The van der Waals surface area contributed by atoms with Gasteiger partial charge in [0.2, 0.25) is 0 Å². The highest BCUT2D eigenvalue weighted by molar-refractivity contribution is 5.97.